The van der Waals surface area contributed by atoms with E-state index in [0.717, 1.165) is 5.56 Å². The van der Waals surface area contributed by atoms with Crippen LogP contribution >= 0.6 is 11.6 Å². The number of benzene rings is 2. The fourth-order valence-electron chi connectivity index (χ4n) is 1.67. The molecule has 0 atom stereocenters. The van der Waals surface area contributed by atoms with Crippen LogP contribution < -0.4 is 10.5 Å². The highest BCUT2D eigenvalue weighted by Gasteiger charge is 2.07. The molecule has 0 saturated carbocycles. The van der Waals surface area contributed by atoms with Gasteiger partial charge in [-0.1, -0.05) is 17.7 Å². The summed E-state index contributed by atoms with van der Waals surface area (Å²) >= 11 is 5.84. The highest BCUT2D eigenvalue weighted by Crippen LogP contribution is 2.26. The second-order valence-electron chi connectivity index (χ2n) is 3.98. The van der Waals surface area contributed by atoms with E-state index in [1.807, 2.05) is 0 Å². The first kappa shape index (κ1) is 13.8. The SMILES string of the molecule is NCc1cc(F)ccc1COc1ccc(F)cc1Cl. The summed E-state index contributed by atoms with van der Waals surface area (Å²) in [7, 11) is 0. The van der Waals surface area contributed by atoms with Gasteiger partial charge in [-0.15, -0.1) is 0 Å². The fraction of sp³-hybridized carbons (Fsp3) is 0.143. The van der Waals surface area contributed by atoms with E-state index in [0.29, 0.717) is 11.3 Å². The van der Waals surface area contributed by atoms with Crippen LogP contribution in [0.5, 0.6) is 5.75 Å². The zero-order valence-corrected chi connectivity index (χ0v) is 10.8. The summed E-state index contributed by atoms with van der Waals surface area (Å²) in [4.78, 5) is 0. The van der Waals surface area contributed by atoms with Crippen molar-refractivity contribution in [1.29, 1.82) is 0 Å². The van der Waals surface area contributed by atoms with Gasteiger partial charge in [0.05, 0.1) is 5.02 Å². The summed E-state index contributed by atoms with van der Waals surface area (Å²) < 4.78 is 31.4. The van der Waals surface area contributed by atoms with Crippen molar-refractivity contribution in [3.05, 3.63) is 64.2 Å². The van der Waals surface area contributed by atoms with Crippen LogP contribution in [0.4, 0.5) is 8.78 Å². The van der Waals surface area contributed by atoms with Gasteiger partial charge in [0.2, 0.25) is 0 Å². The molecule has 0 heterocycles. The summed E-state index contributed by atoms with van der Waals surface area (Å²) in [5.74, 6) is -0.402. The molecule has 2 aromatic rings. The third-order valence-electron chi connectivity index (χ3n) is 2.67. The lowest BCUT2D eigenvalue weighted by molar-refractivity contribution is 0.304. The molecule has 0 aliphatic carbocycles. The maximum absolute atomic E-state index is 13.0. The van der Waals surface area contributed by atoms with Gasteiger partial charge in [-0.25, -0.2) is 8.78 Å². The molecule has 0 fully saturated rings. The average molecular weight is 284 g/mol. The predicted octanol–water partition coefficient (Wildman–Crippen LogP) is 3.66. The largest absolute Gasteiger partial charge is 0.487 e. The van der Waals surface area contributed by atoms with Gasteiger partial charge in [0, 0.05) is 6.54 Å². The number of hydrogen-bond donors (Lipinski definition) is 1. The molecule has 0 bridgehead atoms. The van der Waals surface area contributed by atoms with Crippen LogP contribution in [0.1, 0.15) is 11.1 Å². The second kappa shape index (κ2) is 5.99. The lowest BCUT2D eigenvalue weighted by Crippen LogP contribution is -2.05. The summed E-state index contributed by atoms with van der Waals surface area (Å²) in [6.45, 7) is 0.409. The van der Waals surface area contributed by atoms with Crippen molar-refractivity contribution in [2.75, 3.05) is 0 Å². The van der Waals surface area contributed by atoms with Crippen LogP contribution in [-0.2, 0) is 13.2 Å². The Balaban J connectivity index is 2.14. The van der Waals surface area contributed by atoms with E-state index in [-0.39, 0.29) is 24.0 Å². The van der Waals surface area contributed by atoms with E-state index in [1.54, 1.807) is 6.07 Å². The van der Waals surface area contributed by atoms with Crippen molar-refractivity contribution in [3.8, 4) is 5.75 Å². The zero-order chi connectivity index (χ0) is 13.8. The van der Waals surface area contributed by atoms with Crippen LogP contribution in [0.2, 0.25) is 5.02 Å². The Labute approximate surface area is 114 Å². The number of rotatable bonds is 4. The maximum atomic E-state index is 13.0. The third-order valence-corrected chi connectivity index (χ3v) is 2.96. The molecule has 0 amide bonds. The normalized spacial score (nSPS) is 10.5. The Bertz CT molecular complexity index is 590. The zero-order valence-electron chi connectivity index (χ0n) is 10.00. The van der Waals surface area contributed by atoms with Crippen molar-refractivity contribution in [2.24, 2.45) is 5.73 Å². The quantitative estimate of drug-likeness (QED) is 0.929. The van der Waals surface area contributed by atoms with Crippen LogP contribution in [0.3, 0.4) is 0 Å². The number of halogens is 3. The Hall–Kier alpha value is -1.65. The molecule has 0 aromatic heterocycles. The molecule has 2 rings (SSSR count). The average Bonchev–Trinajstić information content (AvgIpc) is 2.39. The van der Waals surface area contributed by atoms with Crippen LogP contribution in [-0.4, -0.2) is 0 Å². The molecule has 0 unspecified atom stereocenters. The summed E-state index contributed by atoms with van der Waals surface area (Å²) in [5.41, 5.74) is 6.97. The summed E-state index contributed by atoms with van der Waals surface area (Å²) in [5, 5.41) is 0.191. The molecule has 0 saturated heterocycles. The van der Waals surface area contributed by atoms with E-state index in [4.69, 9.17) is 22.1 Å². The highest BCUT2D eigenvalue weighted by atomic mass is 35.5. The van der Waals surface area contributed by atoms with Crippen LogP contribution in [0.25, 0.3) is 0 Å². The number of ether oxygens (including phenoxy) is 1. The van der Waals surface area contributed by atoms with E-state index in [1.165, 1.54) is 30.3 Å². The van der Waals surface area contributed by atoms with Crippen molar-refractivity contribution in [3.63, 3.8) is 0 Å². The highest BCUT2D eigenvalue weighted by molar-refractivity contribution is 6.32. The van der Waals surface area contributed by atoms with Gasteiger partial charge in [0.15, 0.2) is 0 Å². The second-order valence-corrected chi connectivity index (χ2v) is 4.39. The van der Waals surface area contributed by atoms with Crippen molar-refractivity contribution in [2.45, 2.75) is 13.2 Å². The predicted molar refractivity (Wildman–Crippen MR) is 70.0 cm³/mol. The number of hydrogen-bond acceptors (Lipinski definition) is 2. The molecular formula is C14H12ClF2NO. The minimum Gasteiger partial charge on any atom is -0.487 e. The minimum atomic E-state index is -0.429. The summed E-state index contributed by atoms with van der Waals surface area (Å²) in [6.07, 6.45) is 0. The summed E-state index contributed by atoms with van der Waals surface area (Å²) in [6, 6.07) is 8.19. The molecule has 0 aliphatic heterocycles. The maximum Gasteiger partial charge on any atom is 0.138 e. The molecule has 0 aliphatic rings. The number of nitrogens with two attached hydrogens (primary N) is 1. The van der Waals surface area contributed by atoms with Gasteiger partial charge in [0.1, 0.15) is 24.0 Å². The van der Waals surface area contributed by atoms with Crippen molar-refractivity contribution in [1.82, 2.24) is 0 Å². The fourth-order valence-corrected chi connectivity index (χ4v) is 1.89. The van der Waals surface area contributed by atoms with Gasteiger partial charge >= 0.3 is 0 Å². The monoisotopic (exact) mass is 283 g/mol. The van der Waals surface area contributed by atoms with Crippen LogP contribution in [0, 0.1) is 11.6 Å². The van der Waals surface area contributed by atoms with Gasteiger partial charge in [-0.3, -0.25) is 0 Å². The van der Waals surface area contributed by atoms with E-state index < -0.39 is 5.82 Å². The molecule has 19 heavy (non-hydrogen) atoms. The Morgan fingerprint density at radius 3 is 2.37 bits per heavy atom. The topological polar surface area (TPSA) is 35.2 Å². The lowest BCUT2D eigenvalue weighted by atomic mass is 10.1. The molecule has 100 valence electrons. The third kappa shape index (κ3) is 3.43. The van der Waals surface area contributed by atoms with Crippen molar-refractivity contribution < 1.29 is 13.5 Å². The van der Waals surface area contributed by atoms with Crippen LogP contribution in [0.15, 0.2) is 36.4 Å². The first-order valence-electron chi connectivity index (χ1n) is 5.65. The van der Waals surface area contributed by atoms with E-state index in [2.05, 4.69) is 0 Å². The molecular weight excluding hydrogens is 272 g/mol. The van der Waals surface area contributed by atoms with E-state index >= 15 is 0 Å². The Morgan fingerprint density at radius 2 is 1.68 bits per heavy atom. The standard InChI is InChI=1S/C14H12ClF2NO/c15-13-6-12(17)3-4-14(13)19-8-9-1-2-11(16)5-10(9)7-18/h1-6H,7-8,18H2. The van der Waals surface area contributed by atoms with Gasteiger partial charge in [0.25, 0.3) is 0 Å². The molecule has 5 heteroatoms. The first-order valence-corrected chi connectivity index (χ1v) is 6.03. The van der Waals surface area contributed by atoms with Gasteiger partial charge in [-0.05, 0) is 41.5 Å². The molecule has 0 radical (unpaired) electrons. The Morgan fingerprint density at radius 1 is 1.00 bits per heavy atom. The lowest BCUT2D eigenvalue weighted by Gasteiger charge is -2.11. The first-order chi connectivity index (χ1) is 9.10. The smallest absolute Gasteiger partial charge is 0.138 e. The van der Waals surface area contributed by atoms with Gasteiger partial charge < -0.3 is 10.5 Å². The van der Waals surface area contributed by atoms with E-state index in [9.17, 15) is 8.78 Å². The molecule has 0 spiro atoms. The molecule has 2 nitrogen and oxygen atoms in total. The Kier molecular flexibility index (Phi) is 4.35. The minimum absolute atomic E-state index is 0.191. The molecule has 2 aromatic carbocycles. The van der Waals surface area contributed by atoms with Gasteiger partial charge in [-0.2, -0.15) is 0 Å². The molecule has 2 N–H and O–H groups in total. The van der Waals surface area contributed by atoms with Crippen molar-refractivity contribution >= 4 is 11.6 Å².